The summed E-state index contributed by atoms with van der Waals surface area (Å²) in [6.45, 7) is 0. The van der Waals surface area contributed by atoms with Gasteiger partial charge >= 0.3 is 5.97 Å². The van der Waals surface area contributed by atoms with Crippen molar-refractivity contribution in [2.45, 2.75) is 0 Å². The van der Waals surface area contributed by atoms with E-state index in [9.17, 15) is 13.6 Å². The fraction of sp³-hybridized carbons (Fsp3) is 0. The Morgan fingerprint density at radius 3 is 2.46 bits per heavy atom. The summed E-state index contributed by atoms with van der Waals surface area (Å²) >= 11 is 0. The number of aromatic carboxylic acids is 1. The van der Waals surface area contributed by atoms with E-state index in [4.69, 9.17) is 10.4 Å². The highest BCUT2D eigenvalue weighted by Gasteiger charge is 2.14. The lowest BCUT2D eigenvalue weighted by Crippen LogP contribution is -2.02. The molecule has 0 saturated carbocycles. The molecule has 1 rings (SSSR count). The summed E-state index contributed by atoms with van der Waals surface area (Å²) in [6, 6.07) is 2.45. The highest BCUT2D eigenvalue weighted by molar-refractivity contribution is 5.88. The number of rotatable bonds is 1. The number of halogens is 2. The zero-order valence-electron chi connectivity index (χ0n) is 6.21. The summed E-state index contributed by atoms with van der Waals surface area (Å²) < 4.78 is 25.3. The molecule has 1 N–H and O–H groups in total. The molecule has 66 valence electrons. The van der Waals surface area contributed by atoms with E-state index >= 15 is 0 Å². The van der Waals surface area contributed by atoms with Gasteiger partial charge in [-0.2, -0.15) is 5.26 Å². The summed E-state index contributed by atoms with van der Waals surface area (Å²) in [5, 5.41) is 16.7. The fourth-order valence-corrected chi connectivity index (χ4v) is 0.799. The number of carboxylic acid groups (broad SMARTS) is 1. The molecule has 0 saturated heterocycles. The topological polar surface area (TPSA) is 61.1 Å². The molecule has 1 aromatic carbocycles. The van der Waals surface area contributed by atoms with Crippen LogP contribution in [0.2, 0.25) is 0 Å². The Kier molecular flexibility index (Phi) is 2.24. The van der Waals surface area contributed by atoms with Crippen molar-refractivity contribution in [1.82, 2.24) is 0 Å². The summed E-state index contributed by atoms with van der Waals surface area (Å²) in [6.07, 6.45) is 0. The van der Waals surface area contributed by atoms with Crippen LogP contribution in [0.1, 0.15) is 15.9 Å². The van der Waals surface area contributed by atoms with Gasteiger partial charge in [-0.3, -0.25) is 0 Å². The molecule has 0 spiro atoms. The van der Waals surface area contributed by atoms with Gasteiger partial charge in [0.15, 0.2) is 0 Å². The van der Waals surface area contributed by atoms with Gasteiger partial charge in [0.25, 0.3) is 0 Å². The molecule has 1 aromatic rings. The van der Waals surface area contributed by atoms with Crippen LogP contribution in [0, 0.1) is 23.0 Å². The third-order valence-electron chi connectivity index (χ3n) is 1.41. The highest BCUT2D eigenvalue weighted by atomic mass is 19.1. The quantitative estimate of drug-likeness (QED) is 0.718. The summed E-state index contributed by atoms with van der Waals surface area (Å²) in [5.74, 6) is -3.79. The Labute approximate surface area is 71.8 Å². The van der Waals surface area contributed by atoms with Crippen molar-refractivity contribution in [1.29, 1.82) is 5.26 Å². The van der Waals surface area contributed by atoms with Gasteiger partial charge in [-0.25, -0.2) is 13.6 Å². The van der Waals surface area contributed by atoms with Crippen LogP contribution in [-0.4, -0.2) is 11.1 Å². The van der Waals surface area contributed by atoms with Gasteiger partial charge in [0, 0.05) is 6.07 Å². The van der Waals surface area contributed by atoms with Gasteiger partial charge in [0.1, 0.15) is 17.7 Å². The molecule has 0 unspecified atom stereocenters. The SMILES string of the molecule is N#Cc1cc(C(=O)O)c(F)cc1F. The summed E-state index contributed by atoms with van der Waals surface area (Å²) in [4.78, 5) is 10.3. The monoisotopic (exact) mass is 183 g/mol. The van der Waals surface area contributed by atoms with E-state index in [0.29, 0.717) is 12.1 Å². The largest absolute Gasteiger partial charge is 0.478 e. The lowest BCUT2D eigenvalue weighted by Gasteiger charge is -1.98. The molecule has 5 heteroatoms. The van der Waals surface area contributed by atoms with Crippen LogP contribution in [0.3, 0.4) is 0 Å². The smallest absolute Gasteiger partial charge is 0.338 e. The van der Waals surface area contributed by atoms with Gasteiger partial charge in [-0.1, -0.05) is 0 Å². The lowest BCUT2D eigenvalue weighted by atomic mass is 10.1. The number of benzene rings is 1. The van der Waals surface area contributed by atoms with Crippen molar-refractivity contribution in [3.63, 3.8) is 0 Å². The minimum absolute atomic E-state index is 0.377. The molecular formula is C8H3F2NO2. The molecule has 13 heavy (non-hydrogen) atoms. The Balaban J connectivity index is 3.41. The van der Waals surface area contributed by atoms with E-state index < -0.39 is 28.7 Å². The van der Waals surface area contributed by atoms with Crippen molar-refractivity contribution in [3.05, 3.63) is 34.9 Å². The van der Waals surface area contributed by atoms with Crippen molar-refractivity contribution in [2.75, 3.05) is 0 Å². The van der Waals surface area contributed by atoms with Crippen LogP contribution in [0.4, 0.5) is 8.78 Å². The molecule has 0 aliphatic heterocycles. The first kappa shape index (κ1) is 9.13. The second-order valence-corrected chi connectivity index (χ2v) is 2.23. The number of nitriles is 1. The average molecular weight is 183 g/mol. The number of hydrogen-bond acceptors (Lipinski definition) is 2. The van der Waals surface area contributed by atoms with Crippen LogP contribution in [0.25, 0.3) is 0 Å². The Hall–Kier alpha value is -1.96. The van der Waals surface area contributed by atoms with Crippen molar-refractivity contribution < 1.29 is 18.7 Å². The van der Waals surface area contributed by atoms with Crippen LogP contribution in [0.5, 0.6) is 0 Å². The third kappa shape index (κ3) is 1.62. The summed E-state index contributed by atoms with van der Waals surface area (Å²) in [7, 11) is 0. The maximum Gasteiger partial charge on any atom is 0.338 e. The van der Waals surface area contributed by atoms with Crippen LogP contribution in [-0.2, 0) is 0 Å². The second-order valence-electron chi connectivity index (χ2n) is 2.23. The van der Waals surface area contributed by atoms with Crippen molar-refractivity contribution in [2.24, 2.45) is 0 Å². The van der Waals surface area contributed by atoms with E-state index in [0.717, 1.165) is 0 Å². The van der Waals surface area contributed by atoms with Gasteiger partial charge in [-0.15, -0.1) is 0 Å². The minimum Gasteiger partial charge on any atom is -0.478 e. The highest BCUT2D eigenvalue weighted by Crippen LogP contribution is 2.13. The Morgan fingerprint density at radius 1 is 1.38 bits per heavy atom. The molecule has 0 aliphatic carbocycles. The maximum atomic E-state index is 12.7. The van der Waals surface area contributed by atoms with Crippen molar-refractivity contribution >= 4 is 5.97 Å². The molecule has 0 fully saturated rings. The molecule has 3 nitrogen and oxygen atoms in total. The number of carboxylic acids is 1. The predicted molar refractivity (Wildman–Crippen MR) is 38.0 cm³/mol. The van der Waals surface area contributed by atoms with Crippen molar-refractivity contribution in [3.8, 4) is 6.07 Å². The molecular weight excluding hydrogens is 180 g/mol. The zero-order valence-corrected chi connectivity index (χ0v) is 6.21. The van der Waals surface area contributed by atoms with E-state index in [-0.39, 0.29) is 0 Å². The average Bonchev–Trinajstić information content (AvgIpc) is 2.03. The van der Waals surface area contributed by atoms with E-state index in [1.165, 1.54) is 6.07 Å². The molecule has 0 amide bonds. The Bertz CT molecular complexity index is 409. The first-order valence-electron chi connectivity index (χ1n) is 3.18. The van der Waals surface area contributed by atoms with Gasteiger partial charge in [-0.05, 0) is 6.07 Å². The number of carbonyl (C=O) groups is 1. The number of hydrogen-bond donors (Lipinski definition) is 1. The fourth-order valence-electron chi connectivity index (χ4n) is 0.799. The molecule has 0 aromatic heterocycles. The minimum atomic E-state index is -1.53. The first-order chi connectivity index (χ1) is 6.06. The predicted octanol–water partition coefficient (Wildman–Crippen LogP) is 1.53. The van der Waals surface area contributed by atoms with E-state index in [1.54, 1.807) is 0 Å². The first-order valence-corrected chi connectivity index (χ1v) is 3.18. The number of nitrogens with zero attached hydrogens (tertiary/aromatic N) is 1. The normalized spacial score (nSPS) is 9.31. The van der Waals surface area contributed by atoms with E-state index in [2.05, 4.69) is 0 Å². The lowest BCUT2D eigenvalue weighted by molar-refractivity contribution is 0.0691. The van der Waals surface area contributed by atoms with Crippen LogP contribution in [0.15, 0.2) is 12.1 Å². The molecule has 0 heterocycles. The standard InChI is InChI=1S/C8H3F2NO2/c9-6-2-7(10)5(8(12)13)1-4(6)3-11/h1-2H,(H,12,13). The Morgan fingerprint density at radius 2 is 2.00 bits per heavy atom. The maximum absolute atomic E-state index is 12.7. The third-order valence-corrected chi connectivity index (χ3v) is 1.41. The van der Waals surface area contributed by atoms with Crippen LogP contribution < -0.4 is 0 Å². The van der Waals surface area contributed by atoms with Gasteiger partial charge < -0.3 is 5.11 Å². The van der Waals surface area contributed by atoms with E-state index in [1.807, 2.05) is 0 Å². The van der Waals surface area contributed by atoms with Gasteiger partial charge in [0.2, 0.25) is 0 Å². The second kappa shape index (κ2) is 3.19. The molecule has 0 radical (unpaired) electrons. The molecule has 0 aliphatic rings. The molecule has 0 atom stereocenters. The zero-order chi connectivity index (χ0) is 10.0. The summed E-state index contributed by atoms with van der Waals surface area (Å²) in [5.41, 5.74) is -1.20. The van der Waals surface area contributed by atoms with Crippen LogP contribution >= 0.6 is 0 Å². The van der Waals surface area contributed by atoms with Gasteiger partial charge in [0.05, 0.1) is 11.1 Å². The molecule has 0 bridgehead atoms.